The SMILES string of the molecule is CC(C)[C@H](Cc1ccccc1)NC(=O)c1c(F)c(F)c(F)c(F)c1F. The molecule has 25 heavy (non-hydrogen) atoms. The molecule has 0 aliphatic heterocycles. The van der Waals surface area contributed by atoms with Crippen LogP contribution >= 0.6 is 0 Å². The Balaban J connectivity index is 2.31. The molecule has 134 valence electrons. The molecule has 0 heterocycles. The van der Waals surface area contributed by atoms with Crippen LogP contribution in [-0.2, 0) is 6.42 Å². The van der Waals surface area contributed by atoms with Crippen molar-refractivity contribution in [3.63, 3.8) is 0 Å². The molecule has 1 N–H and O–H groups in total. The minimum absolute atomic E-state index is 0.134. The third-order valence-corrected chi connectivity index (χ3v) is 3.86. The minimum Gasteiger partial charge on any atom is -0.349 e. The molecule has 0 bridgehead atoms. The Kier molecular flexibility index (Phi) is 5.77. The molecule has 0 aromatic heterocycles. The van der Waals surface area contributed by atoms with Crippen LogP contribution in [0.5, 0.6) is 0 Å². The van der Waals surface area contributed by atoms with Gasteiger partial charge in [-0.2, -0.15) is 0 Å². The molecule has 7 heteroatoms. The molecule has 0 saturated heterocycles. The monoisotopic (exact) mass is 357 g/mol. The van der Waals surface area contributed by atoms with E-state index >= 15 is 0 Å². The second-order valence-electron chi connectivity index (χ2n) is 5.96. The lowest BCUT2D eigenvalue weighted by Gasteiger charge is -2.23. The number of rotatable bonds is 5. The number of carbonyl (C=O) groups excluding carboxylic acids is 1. The normalized spacial score (nSPS) is 12.3. The van der Waals surface area contributed by atoms with Gasteiger partial charge >= 0.3 is 0 Å². The topological polar surface area (TPSA) is 29.1 Å². The van der Waals surface area contributed by atoms with Gasteiger partial charge in [-0.05, 0) is 17.9 Å². The molecule has 2 aromatic carbocycles. The maximum absolute atomic E-state index is 13.7. The van der Waals surface area contributed by atoms with Gasteiger partial charge in [0, 0.05) is 6.04 Å². The summed E-state index contributed by atoms with van der Waals surface area (Å²) in [6.07, 6.45) is 0.347. The van der Waals surface area contributed by atoms with Crippen LogP contribution in [0.25, 0.3) is 0 Å². The van der Waals surface area contributed by atoms with Gasteiger partial charge in [-0.15, -0.1) is 0 Å². The van der Waals surface area contributed by atoms with Crippen LogP contribution in [0.1, 0.15) is 29.8 Å². The zero-order valence-corrected chi connectivity index (χ0v) is 13.5. The van der Waals surface area contributed by atoms with E-state index in [4.69, 9.17) is 0 Å². The summed E-state index contributed by atoms with van der Waals surface area (Å²) < 4.78 is 67.1. The van der Waals surface area contributed by atoms with Gasteiger partial charge in [-0.25, -0.2) is 22.0 Å². The van der Waals surface area contributed by atoms with Gasteiger partial charge < -0.3 is 5.32 Å². The molecule has 2 nitrogen and oxygen atoms in total. The third-order valence-electron chi connectivity index (χ3n) is 3.86. The number of nitrogens with one attached hydrogen (secondary N) is 1. The Labute approximate surface area is 141 Å². The highest BCUT2D eigenvalue weighted by molar-refractivity contribution is 5.95. The number of hydrogen-bond donors (Lipinski definition) is 1. The molecule has 0 aliphatic rings. The van der Waals surface area contributed by atoms with Gasteiger partial charge in [0.15, 0.2) is 23.3 Å². The Morgan fingerprint density at radius 2 is 1.36 bits per heavy atom. The first-order valence-corrected chi connectivity index (χ1v) is 7.60. The average molecular weight is 357 g/mol. The van der Waals surface area contributed by atoms with Gasteiger partial charge in [0.1, 0.15) is 5.56 Å². The Morgan fingerprint density at radius 3 is 1.84 bits per heavy atom. The summed E-state index contributed by atoms with van der Waals surface area (Å²) >= 11 is 0. The van der Waals surface area contributed by atoms with Crippen LogP contribution < -0.4 is 5.32 Å². The zero-order chi connectivity index (χ0) is 18.7. The van der Waals surface area contributed by atoms with Crippen LogP contribution in [-0.4, -0.2) is 11.9 Å². The molecule has 2 aromatic rings. The average Bonchev–Trinajstić information content (AvgIpc) is 2.58. The first kappa shape index (κ1) is 18.9. The number of carbonyl (C=O) groups is 1. The largest absolute Gasteiger partial charge is 0.349 e. The Morgan fingerprint density at radius 1 is 0.880 bits per heavy atom. The first-order valence-electron chi connectivity index (χ1n) is 7.60. The predicted molar refractivity (Wildman–Crippen MR) is 82.5 cm³/mol. The van der Waals surface area contributed by atoms with Gasteiger partial charge in [-0.1, -0.05) is 44.2 Å². The molecule has 0 unspecified atom stereocenters. The van der Waals surface area contributed by atoms with Crippen LogP contribution in [0.3, 0.4) is 0 Å². The van der Waals surface area contributed by atoms with Crippen molar-refractivity contribution in [2.24, 2.45) is 5.92 Å². The van der Waals surface area contributed by atoms with Crippen molar-refractivity contribution in [3.8, 4) is 0 Å². The molecule has 0 saturated carbocycles. The molecule has 0 radical (unpaired) electrons. The summed E-state index contributed by atoms with van der Waals surface area (Å²) in [5.74, 6) is -12.3. The molecule has 0 fully saturated rings. The van der Waals surface area contributed by atoms with Gasteiger partial charge in [0.2, 0.25) is 5.82 Å². The molecule has 0 aliphatic carbocycles. The first-order chi connectivity index (χ1) is 11.7. The van der Waals surface area contributed by atoms with Crippen molar-refractivity contribution in [2.75, 3.05) is 0 Å². The van der Waals surface area contributed by atoms with Crippen LogP contribution in [0.15, 0.2) is 30.3 Å². The van der Waals surface area contributed by atoms with Gasteiger partial charge in [0.25, 0.3) is 5.91 Å². The number of benzene rings is 2. The quantitative estimate of drug-likeness (QED) is 0.480. The van der Waals surface area contributed by atoms with Crippen molar-refractivity contribution in [1.29, 1.82) is 0 Å². The number of hydrogen-bond acceptors (Lipinski definition) is 1. The fourth-order valence-corrected chi connectivity index (χ4v) is 2.37. The van der Waals surface area contributed by atoms with Crippen molar-refractivity contribution >= 4 is 5.91 Å². The number of halogens is 5. The van der Waals surface area contributed by atoms with E-state index in [1.807, 2.05) is 0 Å². The van der Waals surface area contributed by atoms with E-state index in [0.717, 1.165) is 5.56 Å². The van der Waals surface area contributed by atoms with Crippen molar-refractivity contribution in [2.45, 2.75) is 26.3 Å². The zero-order valence-electron chi connectivity index (χ0n) is 13.5. The minimum atomic E-state index is -2.30. The molecule has 0 spiro atoms. The van der Waals surface area contributed by atoms with Crippen molar-refractivity contribution in [1.82, 2.24) is 5.32 Å². The summed E-state index contributed by atoms with van der Waals surface area (Å²) in [5.41, 5.74) is -0.617. The lowest BCUT2D eigenvalue weighted by molar-refractivity contribution is 0.0914. The fraction of sp³-hybridized carbons (Fsp3) is 0.278. The van der Waals surface area contributed by atoms with E-state index in [1.165, 1.54) is 0 Å². The van der Waals surface area contributed by atoms with E-state index in [0.29, 0.717) is 6.42 Å². The van der Waals surface area contributed by atoms with E-state index in [9.17, 15) is 26.7 Å². The number of amides is 1. The van der Waals surface area contributed by atoms with Crippen LogP contribution in [0, 0.1) is 35.0 Å². The van der Waals surface area contributed by atoms with Crippen molar-refractivity contribution < 1.29 is 26.7 Å². The Bertz CT molecular complexity index is 748. The predicted octanol–water partition coefficient (Wildman–Crippen LogP) is 4.38. The second-order valence-corrected chi connectivity index (χ2v) is 5.96. The standard InChI is InChI=1S/C18H16F5NO/c1-9(2)11(8-10-6-4-3-5-7-10)24-18(25)12-13(19)15(21)17(23)16(22)14(12)20/h3-7,9,11H,8H2,1-2H3,(H,24,25)/t11-/m0/s1. The lowest BCUT2D eigenvalue weighted by Crippen LogP contribution is -2.41. The summed E-state index contributed by atoms with van der Waals surface area (Å²) in [6, 6.07) is 8.45. The third kappa shape index (κ3) is 3.97. The summed E-state index contributed by atoms with van der Waals surface area (Å²) in [6.45, 7) is 3.54. The maximum Gasteiger partial charge on any atom is 0.257 e. The molecule has 2 rings (SSSR count). The van der Waals surface area contributed by atoms with Crippen molar-refractivity contribution in [3.05, 3.63) is 70.5 Å². The highest BCUT2D eigenvalue weighted by Gasteiger charge is 2.31. The lowest BCUT2D eigenvalue weighted by atomic mass is 9.96. The Hall–Kier alpha value is -2.44. The van der Waals surface area contributed by atoms with Crippen LogP contribution in [0.4, 0.5) is 22.0 Å². The smallest absolute Gasteiger partial charge is 0.257 e. The maximum atomic E-state index is 13.7. The van der Waals surface area contributed by atoms with E-state index in [1.54, 1.807) is 44.2 Å². The fourth-order valence-electron chi connectivity index (χ4n) is 2.37. The highest BCUT2D eigenvalue weighted by atomic mass is 19.2. The van der Waals surface area contributed by atoms with Gasteiger partial charge in [-0.3, -0.25) is 4.79 Å². The second kappa shape index (κ2) is 7.63. The molecule has 1 atom stereocenters. The molecular formula is C18H16F5NO. The molecule has 1 amide bonds. The van der Waals surface area contributed by atoms with E-state index in [2.05, 4.69) is 5.32 Å². The van der Waals surface area contributed by atoms with E-state index < -0.39 is 46.6 Å². The molecular weight excluding hydrogens is 341 g/mol. The van der Waals surface area contributed by atoms with Crippen LogP contribution in [0.2, 0.25) is 0 Å². The summed E-state index contributed by atoms with van der Waals surface area (Å²) in [4.78, 5) is 12.2. The summed E-state index contributed by atoms with van der Waals surface area (Å²) in [5, 5.41) is 2.36. The highest BCUT2D eigenvalue weighted by Crippen LogP contribution is 2.23. The summed E-state index contributed by atoms with van der Waals surface area (Å²) in [7, 11) is 0. The van der Waals surface area contributed by atoms with Gasteiger partial charge in [0.05, 0.1) is 0 Å². The van der Waals surface area contributed by atoms with E-state index in [-0.39, 0.29) is 5.92 Å².